The van der Waals surface area contributed by atoms with Crippen LogP contribution in [0, 0.1) is 11.7 Å². The molecule has 2 unspecified atom stereocenters. The standard InChI is InChI=1S/C14H19BrFNO2/c1-9(14(19)17-6-5-10(2)18)7-11-3-4-13(16)12(15)8-11/h3-4,8-10,18H,5-7H2,1-2H3,(H,17,19). The van der Waals surface area contributed by atoms with Crippen molar-refractivity contribution < 1.29 is 14.3 Å². The predicted octanol–water partition coefficient (Wildman–Crippen LogP) is 2.65. The van der Waals surface area contributed by atoms with Gasteiger partial charge in [0.15, 0.2) is 0 Å². The molecule has 1 aromatic carbocycles. The number of benzene rings is 1. The van der Waals surface area contributed by atoms with Gasteiger partial charge in [0.05, 0.1) is 10.6 Å². The van der Waals surface area contributed by atoms with Gasteiger partial charge in [0.2, 0.25) is 5.91 Å². The van der Waals surface area contributed by atoms with Gasteiger partial charge in [0.25, 0.3) is 0 Å². The van der Waals surface area contributed by atoms with Gasteiger partial charge in [-0.15, -0.1) is 0 Å². The summed E-state index contributed by atoms with van der Waals surface area (Å²) in [5.41, 5.74) is 0.909. The molecule has 0 radical (unpaired) electrons. The number of carbonyl (C=O) groups excluding carboxylic acids is 1. The zero-order valence-electron chi connectivity index (χ0n) is 11.1. The molecule has 0 saturated carbocycles. The first kappa shape index (κ1) is 16.1. The molecule has 3 nitrogen and oxygen atoms in total. The average Bonchev–Trinajstić information content (AvgIpc) is 2.33. The Bertz CT molecular complexity index is 437. The van der Waals surface area contributed by atoms with Crippen LogP contribution in [0.1, 0.15) is 25.8 Å². The van der Waals surface area contributed by atoms with Crippen LogP contribution in [0.5, 0.6) is 0 Å². The fraction of sp³-hybridized carbons (Fsp3) is 0.500. The average molecular weight is 332 g/mol. The quantitative estimate of drug-likeness (QED) is 0.841. The highest BCUT2D eigenvalue weighted by atomic mass is 79.9. The molecular formula is C14H19BrFNO2. The number of aliphatic hydroxyl groups excluding tert-OH is 1. The van der Waals surface area contributed by atoms with Gasteiger partial charge >= 0.3 is 0 Å². The summed E-state index contributed by atoms with van der Waals surface area (Å²) in [7, 11) is 0. The van der Waals surface area contributed by atoms with E-state index in [-0.39, 0.29) is 17.6 Å². The van der Waals surface area contributed by atoms with E-state index in [2.05, 4.69) is 21.2 Å². The Kier molecular flexibility index (Phi) is 6.45. The van der Waals surface area contributed by atoms with Crippen LogP contribution in [-0.4, -0.2) is 23.7 Å². The third-order valence-electron chi connectivity index (χ3n) is 2.83. The zero-order chi connectivity index (χ0) is 14.4. The van der Waals surface area contributed by atoms with Gasteiger partial charge in [-0.2, -0.15) is 0 Å². The van der Waals surface area contributed by atoms with Gasteiger partial charge in [-0.3, -0.25) is 4.79 Å². The van der Waals surface area contributed by atoms with Crippen LogP contribution in [-0.2, 0) is 11.2 Å². The van der Waals surface area contributed by atoms with Gasteiger partial charge in [-0.25, -0.2) is 4.39 Å². The highest BCUT2D eigenvalue weighted by Gasteiger charge is 2.14. The highest BCUT2D eigenvalue weighted by molar-refractivity contribution is 9.10. The Balaban J connectivity index is 2.47. The summed E-state index contributed by atoms with van der Waals surface area (Å²) in [6.45, 7) is 3.98. The lowest BCUT2D eigenvalue weighted by molar-refractivity contribution is -0.124. The Morgan fingerprint density at radius 3 is 2.74 bits per heavy atom. The Hall–Kier alpha value is -0.940. The second-order valence-electron chi connectivity index (χ2n) is 4.78. The van der Waals surface area contributed by atoms with Crippen LogP contribution < -0.4 is 5.32 Å². The monoisotopic (exact) mass is 331 g/mol. The Morgan fingerprint density at radius 2 is 2.16 bits per heavy atom. The second-order valence-corrected chi connectivity index (χ2v) is 5.64. The zero-order valence-corrected chi connectivity index (χ0v) is 12.7. The van der Waals surface area contributed by atoms with Crippen molar-refractivity contribution >= 4 is 21.8 Å². The first-order valence-electron chi connectivity index (χ1n) is 6.30. The highest BCUT2D eigenvalue weighted by Crippen LogP contribution is 2.19. The van der Waals surface area contributed by atoms with Crippen molar-refractivity contribution in [1.82, 2.24) is 5.32 Å². The summed E-state index contributed by atoms with van der Waals surface area (Å²) in [6, 6.07) is 4.76. The van der Waals surface area contributed by atoms with E-state index < -0.39 is 6.10 Å². The number of halogens is 2. The maximum Gasteiger partial charge on any atom is 0.223 e. The minimum atomic E-state index is -0.413. The molecule has 1 aromatic rings. The smallest absolute Gasteiger partial charge is 0.223 e. The lowest BCUT2D eigenvalue weighted by Crippen LogP contribution is -2.32. The van der Waals surface area contributed by atoms with Crippen LogP contribution in [0.4, 0.5) is 4.39 Å². The fourth-order valence-corrected chi connectivity index (χ4v) is 2.12. The number of hydrogen-bond acceptors (Lipinski definition) is 2. The summed E-state index contributed by atoms with van der Waals surface area (Å²) in [6.07, 6.45) is 0.684. The number of rotatable bonds is 6. The van der Waals surface area contributed by atoms with E-state index in [0.717, 1.165) is 5.56 Å². The van der Waals surface area contributed by atoms with Gasteiger partial charge in [0, 0.05) is 12.5 Å². The minimum absolute atomic E-state index is 0.0545. The first-order chi connectivity index (χ1) is 8.90. The molecule has 5 heteroatoms. The Morgan fingerprint density at radius 1 is 1.47 bits per heavy atom. The van der Waals surface area contributed by atoms with Crippen molar-refractivity contribution in [3.63, 3.8) is 0 Å². The van der Waals surface area contributed by atoms with Crippen molar-refractivity contribution in [3.8, 4) is 0 Å². The van der Waals surface area contributed by atoms with E-state index in [1.165, 1.54) is 6.07 Å². The Labute approximate surface area is 121 Å². The number of carbonyl (C=O) groups is 1. The molecule has 2 atom stereocenters. The molecule has 0 aliphatic carbocycles. The normalized spacial score (nSPS) is 13.9. The second kappa shape index (κ2) is 7.60. The maximum absolute atomic E-state index is 13.1. The van der Waals surface area contributed by atoms with E-state index in [1.807, 2.05) is 6.92 Å². The van der Waals surface area contributed by atoms with Gasteiger partial charge in [-0.1, -0.05) is 13.0 Å². The largest absolute Gasteiger partial charge is 0.393 e. The summed E-state index contributed by atoms with van der Waals surface area (Å²) in [5.74, 6) is -0.551. The first-order valence-corrected chi connectivity index (χ1v) is 7.09. The fourth-order valence-electron chi connectivity index (χ4n) is 1.69. The molecule has 0 fully saturated rings. The van der Waals surface area contributed by atoms with E-state index >= 15 is 0 Å². The predicted molar refractivity (Wildman–Crippen MR) is 76.3 cm³/mol. The molecular weight excluding hydrogens is 313 g/mol. The van der Waals surface area contributed by atoms with Crippen molar-refractivity contribution in [3.05, 3.63) is 34.1 Å². The van der Waals surface area contributed by atoms with Crippen LogP contribution in [0.25, 0.3) is 0 Å². The van der Waals surface area contributed by atoms with Crippen molar-refractivity contribution in [1.29, 1.82) is 0 Å². The van der Waals surface area contributed by atoms with E-state index in [0.29, 0.717) is 23.9 Å². The van der Waals surface area contributed by atoms with Crippen LogP contribution in [0.15, 0.2) is 22.7 Å². The van der Waals surface area contributed by atoms with Gasteiger partial charge < -0.3 is 10.4 Å². The van der Waals surface area contributed by atoms with Crippen molar-refractivity contribution in [2.75, 3.05) is 6.54 Å². The van der Waals surface area contributed by atoms with Gasteiger partial charge in [0.1, 0.15) is 5.82 Å². The molecule has 0 heterocycles. The molecule has 0 saturated heterocycles. The molecule has 1 amide bonds. The summed E-state index contributed by atoms with van der Waals surface area (Å²) >= 11 is 3.13. The third kappa shape index (κ3) is 5.70. The number of aliphatic hydroxyl groups is 1. The molecule has 1 rings (SSSR count). The van der Waals surface area contributed by atoms with Crippen LogP contribution in [0.2, 0.25) is 0 Å². The SMILES string of the molecule is CC(O)CCNC(=O)C(C)Cc1ccc(F)c(Br)c1. The van der Waals surface area contributed by atoms with E-state index in [9.17, 15) is 9.18 Å². The summed E-state index contributed by atoms with van der Waals surface area (Å²) in [4.78, 5) is 11.8. The van der Waals surface area contributed by atoms with Crippen molar-refractivity contribution in [2.45, 2.75) is 32.8 Å². The third-order valence-corrected chi connectivity index (χ3v) is 3.44. The summed E-state index contributed by atoms with van der Waals surface area (Å²) in [5, 5.41) is 11.9. The number of hydrogen-bond donors (Lipinski definition) is 2. The van der Waals surface area contributed by atoms with Crippen LogP contribution in [0.3, 0.4) is 0 Å². The molecule has 0 spiro atoms. The van der Waals surface area contributed by atoms with E-state index in [1.54, 1.807) is 19.1 Å². The van der Waals surface area contributed by atoms with Crippen LogP contribution >= 0.6 is 15.9 Å². The minimum Gasteiger partial charge on any atom is -0.393 e. The molecule has 106 valence electrons. The van der Waals surface area contributed by atoms with E-state index in [4.69, 9.17) is 5.11 Å². The molecule has 19 heavy (non-hydrogen) atoms. The maximum atomic E-state index is 13.1. The van der Waals surface area contributed by atoms with Crippen molar-refractivity contribution in [2.24, 2.45) is 5.92 Å². The number of amides is 1. The lowest BCUT2D eigenvalue weighted by atomic mass is 10.0. The molecule has 2 N–H and O–H groups in total. The van der Waals surface area contributed by atoms with Gasteiger partial charge in [-0.05, 0) is 53.4 Å². The molecule has 0 aliphatic rings. The number of nitrogens with one attached hydrogen (secondary N) is 1. The summed E-state index contributed by atoms with van der Waals surface area (Å²) < 4.78 is 13.5. The topological polar surface area (TPSA) is 49.3 Å². The molecule has 0 aliphatic heterocycles. The molecule has 0 bridgehead atoms. The lowest BCUT2D eigenvalue weighted by Gasteiger charge is -2.13. The molecule has 0 aromatic heterocycles.